The van der Waals surface area contributed by atoms with Gasteiger partial charge in [-0.1, -0.05) is 6.08 Å². The fourth-order valence-corrected chi connectivity index (χ4v) is 2.28. The van der Waals surface area contributed by atoms with Crippen molar-refractivity contribution < 1.29 is 35.3 Å². The number of allylic oxidation sites excluding steroid dienone is 1. The molecular weight excluding hydrogens is 304 g/mol. The lowest BCUT2D eigenvalue weighted by Gasteiger charge is -2.34. The van der Waals surface area contributed by atoms with E-state index in [-0.39, 0.29) is 13.0 Å². The summed E-state index contributed by atoms with van der Waals surface area (Å²) in [6.45, 7) is 3.78. The molecule has 4 nitrogen and oxygen atoms in total. The molecule has 0 saturated carbocycles. The summed E-state index contributed by atoms with van der Waals surface area (Å²) in [5, 5.41) is 0. The van der Waals surface area contributed by atoms with Crippen LogP contribution >= 0.6 is 0 Å². The van der Waals surface area contributed by atoms with E-state index >= 15 is 0 Å². The van der Waals surface area contributed by atoms with Crippen LogP contribution in [0.2, 0.25) is 0 Å². The van der Waals surface area contributed by atoms with Gasteiger partial charge in [-0.2, -0.15) is 8.42 Å². The summed E-state index contributed by atoms with van der Waals surface area (Å²) >= 11 is 0. The third-order valence-corrected chi connectivity index (χ3v) is 3.62. The normalized spacial score (nSPS) is 28.0. The fourth-order valence-electron chi connectivity index (χ4n) is 1.62. The molecule has 0 aromatic carbocycles. The predicted octanol–water partition coefficient (Wildman–Crippen LogP) is 2.91. The molecule has 9 heteroatoms. The van der Waals surface area contributed by atoms with Gasteiger partial charge >= 0.3 is 0 Å². The second kappa shape index (κ2) is 5.66. The van der Waals surface area contributed by atoms with Crippen molar-refractivity contribution in [2.75, 3.05) is 6.61 Å². The summed E-state index contributed by atoms with van der Waals surface area (Å²) < 4.78 is 89.7. The van der Waals surface area contributed by atoms with Gasteiger partial charge in [0.05, 0.1) is 6.61 Å². The highest BCUT2D eigenvalue weighted by molar-refractivity contribution is 7.90. The monoisotopic (exact) mass is 316 g/mol. The molecular formula is C11H12F4O4S. The zero-order valence-electron chi connectivity index (χ0n) is 10.4. The molecule has 2 atom stereocenters. The average Bonchev–Trinajstić information content (AvgIpc) is 2.33. The molecule has 1 rings (SSSR count). The summed E-state index contributed by atoms with van der Waals surface area (Å²) in [4.78, 5) is -2.05. The molecule has 0 saturated heterocycles. The molecule has 0 fully saturated rings. The second-order valence-electron chi connectivity index (χ2n) is 4.18. The summed E-state index contributed by atoms with van der Waals surface area (Å²) in [7, 11) is -5.45. The first-order chi connectivity index (χ1) is 9.07. The van der Waals surface area contributed by atoms with Crippen molar-refractivity contribution in [2.45, 2.75) is 25.1 Å². The molecule has 0 radical (unpaired) electrons. The van der Waals surface area contributed by atoms with Gasteiger partial charge in [-0.3, -0.25) is 4.55 Å². The molecule has 0 heterocycles. The summed E-state index contributed by atoms with van der Waals surface area (Å²) in [5.74, 6) is -6.30. The summed E-state index contributed by atoms with van der Waals surface area (Å²) in [6, 6.07) is 0. The average molecular weight is 316 g/mol. The van der Waals surface area contributed by atoms with Crippen molar-refractivity contribution in [1.82, 2.24) is 0 Å². The lowest BCUT2D eigenvalue weighted by Crippen LogP contribution is -2.44. The van der Waals surface area contributed by atoms with Gasteiger partial charge in [-0.25, -0.2) is 17.6 Å². The van der Waals surface area contributed by atoms with Crippen LogP contribution in [0.3, 0.4) is 0 Å². The van der Waals surface area contributed by atoms with Crippen molar-refractivity contribution in [3.8, 4) is 0 Å². The zero-order valence-corrected chi connectivity index (χ0v) is 11.2. The Morgan fingerprint density at radius 1 is 1.45 bits per heavy atom. The maximum atomic E-state index is 13.9. The van der Waals surface area contributed by atoms with Crippen LogP contribution in [0, 0.1) is 0 Å². The lowest BCUT2D eigenvalue weighted by atomic mass is 9.92. The topological polar surface area (TPSA) is 63.6 Å². The fraction of sp³-hybridized carbons (Fsp3) is 0.455. The first kappa shape index (κ1) is 16.9. The third kappa shape index (κ3) is 2.79. The van der Waals surface area contributed by atoms with Gasteiger partial charge in [0.25, 0.3) is 10.1 Å². The van der Waals surface area contributed by atoms with Gasteiger partial charge in [0, 0.05) is 0 Å². The predicted molar refractivity (Wildman–Crippen MR) is 63.0 cm³/mol. The van der Waals surface area contributed by atoms with Crippen LogP contribution in [0.25, 0.3) is 0 Å². The van der Waals surface area contributed by atoms with Crippen LogP contribution in [0.1, 0.15) is 13.3 Å². The van der Waals surface area contributed by atoms with E-state index in [1.54, 1.807) is 0 Å². The highest BCUT2D eigenvalue weighted by atomic mass is 32.2. The van der Waals surface area contributed by atoms with Crippen molar-refractivity contribution >= 4 is 10.1 Å². The molecule has 0 aromatic heterocycles. The first-order valence-corrected chi connectivity index (χ1v) is 6.83. The van der Waals surface area contributed by atoms with Crippen LogP contribution in [-0.2, 0) is 14.9 Å². The van der Waals surface area contributed by atoms with E-state index in [9.17, 15) is 26.0 Å². The van der Waals surface area contributed by atoms with Crippen LogP contribution in [0.5, 0.6) is 0 Å². The minimum absolute atomic E-state index is 0.160. The molecule has 20 heavy (non-hydrogen) atoms. The standard InChI is InChI=1S/C11H12F4O4S/c1-3-4-5-19-11(2)9(14)6(12)8(20(16,17)18)7(13)10(11)15/h3,9H,1,4-5H2,2H3,(H,16,17,18). The van der Waals surface area contributed by atoms with E-state index < -0.39 is 44.3 Å². The number of hydrogen-bond donors (Lipinski definition) is 1. The van der Waals surface area contributed by atoms with Gasteiger partial charge in [0.15, 0.2) is 34.2 Å². The van der Waals surface area contributed by atoms with Gasteiger partial charge < -0.3 is 4.74 Å². The molecule has 0 aliphatic heterocycles. The van der Waals surface area contributed by atoms with E-state index in [4.69, 9.17) is 9.29 Å². The summed E-state index contributed by atoms with van der Waals surface area (Å²) in [6.07, 6.45) is -1.40. The van der Waals surface area contributed by atoms with E-state index in [0.29, 0.717) is 0 Å². The van der Waals surface area contributed by atoms with Crippen LogP contribution in [-0.4, -0.2) is 31.4 Å². The Morgan fingerprint density at radius 3 is 2.45 bits per heavy atom. The minimum Gasteiger partial charge on any atom is -0.364 e. The van der Waals surface area contributed by atoms with E-state index in [2.05, 4.69) is 6.58 Å². The number of hydrogen-bond acceptors (Lipinski definition) is 3. The van der Waals surface area contributed by atoms with Crippen LogP contribution < -0.4 is 0 Å². The number of halogens is 4. The quantitative estimate of drug-likeness (QED) is 0.367. The van der Waals surface area contributed by atoms with Crippen LogP contribution in [0.15, 0.2) is 35.0 Å². The zero-order chi connectivity index (χ0) is 15.7. The maximum Gasteiger partial charge on any atom is 0.300 e. The highest BCUT2D eigenvalue weighted by Gasteiger charge is 2.52. The van der Waals surface area contributed by atoms with E-state index in [0.717, 1.165) is 6.92 Å². The van der Waals surface area contributed by atoms with Crippen molar-refractivity contribution in [3.05, 3.63) is 35.0 Å². The Labute approximate surface area is 113 Å². The number of rotatable bonds is 5. The molecule has 0 spiro atoms. The summed E-state index contributed by atoms with van der Waals surface area (Å²) in [5.41, 5.74) is -2.65. The molecule has 1 N–H and O–H groups in total. The Balaban J connectivity index is 3.33. The Hall–Kier alpha value is -1.19. The molecule has 1 aliphatic rings. The van der Waals surface area contributed by atoms with Gasteiger partial charge in [0.2, 0.25) is 0 Å². The SMILES string of the molecule is C=CCCOC1(C)C(F)=C(F)C(S(=O)(=O)O)=C(F)C1F. The van der Waals surface area contributed by atoms with Crippen molar-refractivity contribution in [3.63, 3.8) is 0 Å². The van der Waals surface area contributed by atoms with Gasteiger partial charge in [0.1, 0.15) is 0 Å². The van der Waals surface area contributed by atoms with Crippen molar-refractivity contribution in [2.24, 2.45) is 0 Å². The lowest BCUT2D eigenvalue weighted by molar-refractivity contribution is -0.0677. The van der Waals surface area contributed by atoms with Gasteiger partial charge in [-0.15, -0.1) is 6.58 Å². The van der Waals surface area contributed by atoms with Crippen molar-refractivity contribution in [1.29, 1.82) is 0 Å². The molecule has 2 unspecified atom stereocenters. The maximum absolute atomic E-state index is 13.9. The Kier molecular flexibility index (Phi) is 4.78. The number of alkyl halides is 1. The second-order valence-corrected chi connectivity index (χ2v) is 5.53. The minimum atomic E-state index is -5.45. The molecule has 0 bridgehead atoms. The van der Waals surface area contributed by atoms with Gasteiger partial charge in [-0.05, 0) is 13.3 Å². The van der Waals surface area contributed by atoms with E-state index in [1.165, 1.54) is 6.08 Å². The molecule has 114 valence electrons. The molecule has 0 amide bonds. The number of ether oxygens (including phenoxy) is 1. The molecule has 0 aromatic rings. The third-order valence-electron chi connectivity index (χ3n) is 2.73. The van der Waals surface area contributed by atoms with Crippen LogP contribution in [0.4, 0.5) is 17.6 Å². The molecule has 1 aliphatic carbocycles. The first-order valence-electron chi connectivity index (χ1n) is 5.39. The Bertz CT molecular complexity index is 581. The Morgan fingerprint density at radius 2 is 2.00 bits per heavy atom. The smallest absolute Gasteiger partial charge is 0.300 e. The highest BCUT2D eigenvalue weighted by Crippen LogP contribution is 2.44. The largest absolute Gasteiger partial charge is 0.364 e. The van der Waals surface area contributed by atoms with E-state index in [1.807, 2.05) is 0 Å².